The van der Waals surface area contributed by atoms with Crippen molar-refractivity contribution < 1.29 is 46.5 Å². The smallest absolute Gasteiger partial charge is 0.871 e. The SMILES string of the molecule is Cc1cc(S(=O)(=O)[O-])c(N=Nc2c([O-])c(C(=O)[O-])cc3ccccc23)cc1Cl.[H+].[Mn+2]. The van der Waals surface area contributed by atoms with Crippen LogP contribution in [0.15, 0.2) is 57.6 Å². The zero-order valence-electron chi connectivity index (χ0n) is 15.5. The van der Waals surface area contributed by atoms with Gasteiger partial charge >= 0.3 is 18.5 Å². The third-order valence-corrected chi connectivity index (χ3v) is 5.24. The van der Waals surface area contributed by atoms with Crippen molar-refractivity contribution in [1.82, 2.24) is 0 Å². The molecule has 0 fully saturated rings. The van der Waals surface area contributed by atoms with Gasteiger partial charge in [-0.1, -0.05) is 41.6 Å². The van der Waals surface area contributed by atoms with Crippen LogP contribution in [-0.4, -0.2) is 18.9 Å². The summed E-state index contributed by atoms with van der Waals surface area (Å²) in [5, 5.41) is 32.0. The molecule has 0 saturated heterocycles. The van der Waals surface area contributed by atoms with Crippen molar-refractivity contribution in [3.05, 3.63) is 58.6 Å². The molecule has 149 valence electrons. The van der Waals surface area contributed by atoms with Crippen LogP contribution in [0.4, 0.5) is 11.4 Å². The van der Waals surface area contributed by atoms with Gasteiger partial charge in [0.25, 0.3) is 0 Å². The van der Waals surface area contributed by atoms with E-state index in [2.05, 4.69) is 10.2 Å². The molecule has 3 aromatic carbocycles. The number of hydrogen-bond acceptors (Lipinski definition) is 8. The summed E-state index contributed by atoms with van der Waals surface area (Å²) < 4.78 is 34.5. The van der Waals surface area contributed by atoms with E-state index in [1.807, 2.05) is 0 Å². The van der Waals surface area contributed by atoms with Crippen LogP contribution in [0.5, 0.6) is 5.75 Å². The molecule has 0 amide bonds. The van der Waals surface area contributed by atoms with Crippen molar-refractivity contribution in [2.24, 2.45) is 10.2 Å². The maximum Gasteiger partial charge on any atom is 2.00 e. The molecule has 0 saturated carbocycles. The summed E-state index contributed by atoms with van der Waals surface area (Å²) in [6.45, 7) is 1.50. The van der Waals surface area contributed by atoms with Gasteiger partial charge < -0.3 is 19.6 Å². The minimum atomic E-state index is -4.90. The van der Waals surface area contributed by atoms with Crippen molar-refractivity contribution in [1.29, 1.82) is 0 Å². The van der Waals surface area contributed by atoms with E-state index < -0.39 is 32.3 Å². The number of azo groups is 1. The van der Waals surface area contributed by atoms with Gasteiger partial charge in [-0.2, -0.15) is 5.11 Å². The second-order valence-corrected chi connectivity index (χ2v) is 7.59. The molecule has 0 aliphatic carbocycles. The number of carbonyl (C=O) groups is 1. The first-order chi connectivity index (χ1) is 13.1. The third-order valence-electron chi connectivity index (χ3n) is 3.96. The van der Waals surface area contributed by atoms with Crippen molar-refractivity contribution >= 4 is 49.8 Å². The number of rotatable bonds is 4. The van der Waals surface area contributed by atoms with Crippen LogP contribution in [0.1, 0.15) is 17.3 Å². The summed E-state index contributed by atoms with van der Waals surface area (Å²) in [6.07, 6.45) is 0. The Morgan fingerprint density at radius 1 is 1.14 bits per heavy atom. The van der Waals surface area contributed by atoms with Crippen LogP contribution < -0.4 is 10.2 Å². The van der Waals surface area contributed by atoms with Crippen LogP contribution in [0.3, 0.4) is 0 Å². The maximum atomic E-state index is 12.5. The standard InChI is InChI=1S/C18H13ClN2O6S.Mn/c1-9-6-15(28(25,26)27)14(8-13(9)19)20-21-16-11-5-3-2-4-10(11)7-12(17(16)22)18(23)24;/h2-8,22H,1H3,(H,23,24)(H,25,26,27);/q;+2/p-2. The molecule has 8 nitrogen and oxygen atoms in total. The summed E-state index contributed by atoms with van der Waals surface area (Å²) in [7, 11) is -4.90. The molecule has 0 aliphatic rings. The van der Waals surface area contributed by atoms with Crippen molar-refractivity contribution in [2.45, 2.75) is 11.8 Å². The van der Waals surface area contributed by atoms with E-state index >= 15 is 0 Å². The van der Waals surface area contributed by atoms with Gasteiger partial charge in [-0.05, 0) is 41.6 Å². The number of benzene rings is 3. The zero-order chi connectivity index (χ0) is 20.6. The number of carboxylic acid groups (broad SMARTS) is 1. The van der Waals surface area contributed by atoms with E-state index in [9.17, 15) is 28.0 Å². The average molecular weight is 474 g/mol. The molecule has 0 spiro atoms. The molecule has 0 aromatic heterocycles. The first-order valence-electron chi connectivity index (χ1n) is 7.71. The van der Waals surface area contributed by atoms with Crippen LogP contribution in [0, 0.1) is 6.92 Å². The van der Waals surface area contributed by atoms with Crippen molar-refractivity contribution in [3.63, 3.8) is 0 Å². The molecule has 3 rings (SSSR count). The van der Waals surface area contributed by atoms with Gasteiger partial charge in [-0.25, -0.2) is 8.42 Å². The number of hydrogen-bond donors (Lipinski definition) is 0. The second kappa shape index (κ2) is 8.48. The van der Waals surface area contributed by atoms with Gasteiger partial charge in [0.05, 0.1) is 16.6 Å². The molecule has 0 bridgehead atoms. The van der Waals surface area contributed by atoms with Gasteiger partial charge in [0.1, 0.15) is 15.8 Å². The number of carbonyl (C=O) groups excluding carboxylic acids is 1. The average Bonchev–Trinajstić information content (AvgIpc) is 2.61. The molecular formula is C18H11ClMnN2O6S. The number of aromatic carboxylic acids is 1. The Labute approximate surface area is 182 Å². The molecule has 29 heavy (non-hydrogen) atoms. The topological polar surface area (TPSA) is 145 Å². The van der Waals surface area contributed by atoms with Crippen LogP contribution in [-0.2, 0) is 27.2 Å². The molecule has 0 aliphatic heterocycles. The van der Waals surface area contributed by atoms with Crippen LogP contribution in [0.25, 0.3) is 10.8 Å². The summed E-state index contributed by atoms with van der Waals surface area (Å²) in [5.74, 6) is -2.64. The summed E-state index contributed by atoms with van der Waals surface area (Å²) in [6, 6.07) is 9.66. The molecule has 11 heteroatoms. The second-order valence-electron chi connectivity index (χ2n) is 5.83. The minimum absolute atomic E-state index is 0. The summed E-state index contributed by atoms with van der Waals surface area (Å²) >= 11 is 5.96. The van der Waals surface area contributed by atoms with Crippen LogP contribution in [0.2, 0.25) is 5.02 Å². The Morgan fingerprint density at radius 3 is 2.41 bits per heavy atom. The van der Waals surface area contributed by atoms with Crippen molar-refractivity contribution in [3.8, 4) is 5.75 Å². The van der Waals surface area contributed by atoms with Gasteiger partial charge in [0, 0.05) is 10.4 Å². The number of halogens is 1. The van der Waals surface area contributed by atoms with Gasteiger partial charge in [0.2, 0.25) is 0 Å². The van der Waals surface area contributed by atoms with E-state index in [0.717, 1.165) is 18.2 Å². The fourth-order valence-electron chi connectivity index (χ4n) is 2.59. The molecule has 0 heterocycles. The maximum absolute atomic E-state index is 12.5. The zero-order valence-corrected chi connectivity index (χ0v) is 17.3. The Bertz CT molecular complexity index is 1270. The predicted molar refractivity (Wildman–Crippen MR) is 97.2 cm³/mol. The Morgan fingerprint density at radius 2 is 1.79 bits per heavy atom. The van der Waals surface area contributed by atoms with E-state index in [1.165, 1.54) is 13.0 Å². The molecular weight excluding hydrogens is 463 g/mol. The summed E-state index contributed by atoms with van der Waals surface area (Å²) in [5.41, 5.74) is -0.980. The van der Waals surface area contributed by atoms with E-state index in [4.69, 9.17) is 11.6 Å². The summed E-state index contributed by atoms with van der Waals surface area (Å²) in [4.78, 5) is 10.6. The normalized spacial score (nSPS) is 11.6. The van der Waals surface area contributed by atoms with Crippen LogP contribution >= 0.6 is 11.6 Å². The molecule has 1 radical (unpaired) electrons. The number of carboxylic acids is 1. The first-order valence-corrected chi connectivity index (χ1v) is 9.50. The minimum Gasteiger partial charge on any atom is -0.871 e. The fraction of sp³-hybridized carbons (Fsp3) is 0.0556. The Hall–Kier alpha value is -2.49. The molecule has 0 unspecified atom stereocenters. The van der Waals surface area contributed by atoms with Gasteiger partial charge in [0.15, 0.2) is 0 Å². The van der Waals surface area contributed by atoms with Gasteiger partial charge in [-0.3, -0.25) is 0 Å². The first kappa shape index (κ1) is 22.8. The third kappa shape index (κ3) is 4.58. The van der Waals surface area contributed by atoms with E-state index in [-0.39, 0.29) is 34.9 Å². The fourth-order valence-corrected chi connectivity index (χ4v) is 3.42. The predicted octanol–water partition coefficient (Wildman–Crippen LogP) is 2.67. The van der Waals surface area contributed by atoms with Gasteiger partial charge in [-0.15, -0.1) is 5.11 Å². The monoisotopic (exact) mass is 473 g/mol. The molecule has 3 aromatic rings. The van der Waals surface area contributed by atoms with E-state index in [0.29, 0.717) is 16.3 Å². The number of aryl methyl sites for hydroxylation is 1. The Kier molecular flexibility index (Phi) is 6.67. The Balaban J connectivity index is 0.00000225. The van der Waals surface area contributed by atoms with E-state index in [1.54, 1.807) is 18.2 Å². The quantitative estimate of drug-likeness (QED) is 0.323. The molecule has 0 N–H and O–H groups in total. The number of nitrogens with zero attached hydrogens (tertiary/aromatic N) is 2. The number of fused-ring (bicyclic) bond motifs is 1. The van der Waals surface area contributed by atoms with Crippen molar-refractivity contribution in [2.75, 3.05) is 0 Å². The molecule has 0 atom stereocenters. The largest absolute Gasteiger partial charge is 2.00 e.